The average Bonchev–Trinajstić information content (AvgIpc) is 2.03. The van der Waals surface area contributed by atoms with Crippen molar-refractivity contribution in [2.45, 2.75) is 40.0 Å². The van der Waals surface area contributed by atoms with Gasteiger partial charge >= 0.3 is 0 Å². The lowest BCUT2D eigenvalue weighted by Crippen LogP contribution is -2.35. The SMILES string of the molecule is CCCC(=O)N(CCC)CC(C)=O. The summed E-state index contributed by atoms with van der Waals surface area (Å²) in [5.41, 5.74) is 0. The second-order valence-corrected chi connectivity index (χ2v) is 3.27. The smallest absolute Gasteiger partial charge is 0.222 e. The van der Waals surface area contributed by atoms with Crippen LogP contribution in [0.3, 0.4) is 0 Å². The molecule has 1 amide bonds. The average molecular weight is 185 g/mol. The highest BCUT2D eigenvalue weighted by atomic mass is 16.2. The molecule has 0 spiro atoms. The van der Waals surface area contributed by atoms with Crippen LogP contribution in [0.2, 0.25) is 0 Å². The molecule has 0 bridgehead atoms. The summed E-state index contributed by atoms with van der Waals surface area (Å²) in [5, 5.41) is 0. The second kappa shape index (κ2) is 6.63. The Labute approximate surface area is 80.1 Å². The zero-order chi connectivity index (χ0) is 10.3. The van der Waals surface area contributed by atoms with E-state index in [0.717, 1.165) is 12.8 Å². The number of Topliss-reactive ketones (excluding diaryl/α,β-unsaturated/α-hetero) is 1. The van der Waals surface area contributed by atoms with Crippen molar-refractivity contribution in [3.63, 3.8) is 0 Å². The van der Waals surface area contributed by atoms with E-state index in [1.165, 1.54) is 6.92 Å². The number of hydrogen-bond donors (Lipinski definition) is 0. The summed E-state index contributed by atoms with van der Waals surface area (Å²) in [4.78, 5) is 23.9. The molecule has 0 saturated carbocycles. The number of hydrogen-bond acceptors (Lipinski definition) is 2. The molecule has 0 unspecified atom stereocenters. The Hall–Kier alpha value is -0.860. The lowest BCUT2D eigenvalue weighted by Gasteiger charge is -2.20. The van der Waals surface area contributed by atoms with E-state index in [1.54, 1.807) is 4.90 Å². The molecule has 13 heavy (non-hydrogen) atoms. The first-order chi connectivity index (χ1) is 6.11. The molecule has 0 aromatic heterocycles. The number of nitrogens with zero attached hydrogens (tertiary/aromatic N) is 1. The zero-order valence-electron chi connectivity index (χ0n) is 8.80. The molecule has 0 aliphatic carbocycles. The minimum Gasteiger partial charge on any atom is -0.335 e. The standard InChI is InChI=1S/C10H19NO2/c1-4-6-10(13)11(7-5-2)8-9(3)12/h4-8H2,1-3H3. The fourth-order valence-corrected chi connectivity index (χ4v) is 1.20. The van der Waals surface area contributed by atoms with Crippen molar-refractivity contribution in [2.24, 2.45) is 0 Å². The summed E-state index contributed by atoms with van der Waals surface area (Å²) < 4.78 is 0. The molecular formula is C10H19NO2. The number of ketones is 1. The third-order valence-electron chi connectivity index (χ3n) is 1.72. The van der Waals surface area contributed by atoms with Crippen LogP contribution in [0.15, 0.2) is 0 Å². The minimum atomic E-state index is 0.0536. The minimum absolute atomic E-state index is 0.0536. The Morgan fingerprint density at radius 3 is 2.15 bits per heavy atom. The van der Waals surface area contributed by atoms with E-state index in [1.807, 2.05) is 13.8 Å². The fourth-order valence-electron chi connectivity index (χ4n) is 1.20. The summed E-state index contributed by atoms with van der Waals surface area (Å²) in [6.07, 6.45) is 2.30. The largest absolute Gasteiger partial charge is 0.335 e. The van der Waals surface area contributed by atoms with Crippen LogP contribution >= 0.6 is 0 Å². The van der Waals surface area contributed by atoms with Crippen LogP contribution in [0.25, 0.3) is 0 Å². The van der Waals surface area contributed by atoms with Crippen molar-refractivity contribution in [3.05, 3.63) is 0 Å². The van der Waals surface area contributed by atoms with E-state index < -0.39 is 0 Å². The van der Waals surface area contributed by atoms with Gasteiger partial charge in [0.1, 0.15) is 5.78 Å². The van der Waals surface area contributed by atoms with Crippen molar-refractivity contribution in [3.8, 4) is 0 Å². The van der Waals surface area contributed by atoms with Gasteiger partial charge in [-0.3, -0.25) is 9.59 Å². The van der Waals surface area contributed by atoms with Gasteiger partial charge in [-0.05, 0) is 19.8 Å². The lowest BCUT2D eigenvalue weighted by molar-refractivity contribution is -0.134. The Kier molecular flexibility index (Phi) is 6.20. The predicted octanol–water partition coefficient (Wildman–Crippen LogP) is 1.61. The van der Waals surface area contributed by atoms with Gasteiger partial charge in [-0.15, -0.1) is 0 Å². The topological polar surface area (TPSA) is 37.4 Å². The Morgan fingerprint density at radius 2 is 1.77 bits per heavy atom. The molecule has 0 saturated heterocycles. The summed E-state index contributed by atoms with van der Waals surface area (Å²) >= 11 is 0. The molecule has 0 rings (SSSR count). The molecule has 0 aliphatic heterocycles. The van der Waals surface area contributed by atoms with E-state index in [2.05, 4.69) is 0 Å². The van der Waals surface area contributed by atoms with Gasteiger partial charge in [0.05, 0.1) is 6.54 Å². The molecule has 3 heteroatoms. The van der Waals surface area contributed by atoms with Gasteiger partial charge < -0.3 is 4.90 Å². The molecule has 76 valence electrons. The van der Waals surface area contributed by atoms with Gasteiger partial charge in [-0.1, -0.05) is 13.8 Å². The quantitative estimate of drug-likeness (QED) is 0.630. The second-order valence-electron chi connectivity index (χ2n) is 3.27. The molecule has 0 atom stereocenters. The van der Waals surface area contributed by atoms with Gasteiger partial charge in [-0.25, -0.2) is 0 Å². The van der Waals surface area contributed by atoms with Crippen LogP contribution in [0.5, 0.6) is 0 Å². The Bertz CT molecular complexity index is 178. The van der Waals surface area contributed by atoms with Gasteiger partial charge in [0, 0.05) is 13.0 Å². The summed E-state index contributed by atoms with van der Waals surface area (Å²) in [5.74, 6) is 0.150. The van der Waals surface area contributed by atoms with Crippen LogP contribution in [0.1, 0.15) is 40.0 Å². The van der Waals surface area contributed by atoms with Crippen molar-refractivity contribution in [1.82, 2.24) is 4.90 Å². The molecular weight excluding hydrogens is 166 g/mol. The van der Waals surface area contributed by atoms with Gasteiger partial charge in [0.15, 0.2) is 0 Å². The fraction of sp³-hybridized carbons (Fsp3) is 0.800. The van der Waals surface area contributed by atoms with Crippen LogP contribution in [0.4, 0.5) is 0 Å². The van der Waals surface area contributed by atoms with Crippen LogP contribution in [-0.2, 0) is 9.59 Å². The van der Waals surface area contributed by atoms with Crippen molar-refractivity contribution >= 4 is 11.7 Å². The highest BCUT2D eigenvalue weighted by Gasteiger charge is 2.12. The van der Waals surface area contributed by atoms with Gasteiger partial charge in [-0.2, -0.15) is 0 Å². The summed E-state index contributed by atoms with van der Waals surface area (Å²) in [6.45, 7) is 6.45. The first-order valence-electron chi connectivity index (χ1n) is 4.89. The predicted molar refractivity (Wildman–Crippen MR) is 52.5 cm³/mol. The van der Waals surface area contributed by atoms with E-state index in [0.29, 0.717) is 13.0 Å². The molecule has 0 aromatic rings. The monoisotopic (exact) mass is 185 g/mol. The van der Waals surface area contributed by atoms with E-state index in [4.69, 9.17) is 0 Å². The van der Waals surface area contributed by atoms with Crippen LogP contribution in [0, 0.1) is 0 Å². The maximum atomic E-state index is 11.4. The molecule has 0 heterocycles. The maximum Gasteiger partial charge on any atom is 0.222 e. The first-order valence-corrected chi connectivity index (χ1v) is 4.89. The summed E-state index contributed by atoms with van der Waals surface area (Å²) in [7, 11) is 0. The van der Waals surface area contributed by atoms with Crippen LogP contribution in [-0.4, -0.2) is 29.7 Å². The van der Waals surface area contributed by atoms with E-state index in [-0.39, 0.29) is 18.2 Å². The number of carbonyl (C=O) groups excluding carboxylic acids is 2. The highest BCUT2D eigenvalue weighted by Crippen LogP contribution is 1.99. The number of amides is 1. The Morgan fingerprint density at radius 1 is 1.15 bits per heavy atom. The zero-order valence-corrected chi connectivity index (χ0v) is 8.80. The van der Waals surface area contributed by atoms with Crippen LogP contribution < -0.4 is 0 Å². The molecule has 0 aliphatic rings. The van der Waals surface area contributed by atoms with Gasteiger partial charge in [0.25, 0.3) is 0 Å². The number of carbonyl (C=O) groups is 2. The third kappa shape index (κ3) is 5.39. The molecule has 3 nitrogen and oxygen atoms in total. The normalized spacial score (nSPS) is 9.77. The van der Waals surface area contributed by atoms with Crippen molar-refractivity contribution in [1.29, 1.82) is 0 Å². The van der Waals surface area contributed by atoms with Gasteiger partial charge in [0.2, 0.25) is 5.91 Å². The van der Waals surface area contributed by atoms with Crippen molar-refractivity contribution in [2.75, 3.05) is 13.1 Å². The number of rotatable bonds is 6. The van der Waals surface area contributed by atoms with E-state index >= 15 is 0 Å². The molecule has 0 fully saturated rings. The lowest BCUT2D eigenvalue weighted by atomic mass is 10.2. The summed E-state index contributed by atoms with van der Waals surface area (Å²) in [6, 6.07) is 0. The molecule has 0 aromatic carbocycles. The maximum absolute atomic E-state index is 11.4. The van der Waals surface area contributed by atoms with Crippen molar-refractivity contribution < 1.29 is 9.59 Å². The van der Waals surface area contributed by atoms with E-state index in [9.17, 15) is 9.59 Å². The first kappa shape index (κ1) is 12.1. The Balaban J connectivity index is 4.06. The highest BCUT2D eigenvalue weighted by molar-refractivity contribution is 5.84. The molecule has 0 N–H and O–H groups in total. The molecule has 0 radical (unpaired) electrons. The third-order valence-corrected chi connectivity index (χ3v) is 1.72.